The Kier molecular flexibility index (Phi) is 7.53. The molecule has 2 aromatic carbocycles. The molecule has 0 aromatic heterocycles. The molecule has 0 unspecified atom stereocenters. The van der Waals surface area contributed by atoms with Crippen LogP contribution in [0.5, 0.6) is 0 Å². The van der Waals surface area contributed by atoms with Gasteiger partial charge >= 0.3 is 5.97 Å². The topological polar surface area (TPSA) is 113 Å². The van der Waals surface area contributed by atoms with Crippen LogP contribution in [0.3, 0.4) is 0 Å². The third kappa shape index (κ3) is 6.93. The predicted octanol–water partition coefficient (Wildman–Crippen LogP) is 2.35. The molecule has 0 fully saturated rings. The Balaban J connectivity index is 2.06. The monoisotopic (exact) mass is 442 g/mol. The van der Waals surface area contributed by atoms with Gasteiger partial charge in [-0.25, -0.2) is 0 Å². The van der Waals surface area contributed by atoms with Gasteiger partial charge in [-0.3, -0.25) is 13.2 Å². The molecular formula is C19H22O8S2. The summed E-state index contributed by atoms with van der Waals surface area (Å²) >= 11 is 0. The molecule has 0 radical (unpaired) electrons. The van der Waals surface area contributed by atoms with Crippen LogP contribution < -0.4 is 0 Å². The SMILES string of the molecule is CC(=O)OC(COS(=O)(=O)c1ccc(C)cc1)COS(=O)(=O)c1ccc(C)cc1. The van der Waals surface area contributed by atoms with Gasteiger partial charge in [0.2, 0.25) is 0 Å². The normalized spacial score (nSPS) is 12.1. The summed E-state index contributed by atoms with van der Waals surface area (Å²) in [5.41, 5.74) is 1.74. The van der Waals surface area contributed by atoms with Gasteiger partial charge in [0, 0.05) is 6.92 Å². The number of hydrogen-bond donors (Lipinski definition) is 0. The first-order chi connectivity index (χ1) is 13.5. The van der Waals surface area contributed by atoms with Crippen molar-refractivity contribution in [1.82, 2.24) is 0 Å². The highest BCUT2D eigenvalue weighted by Gasteiger charge is 2.24. The number of benzene rings is 2. The highest BCUT2D eigenvalue weighted by Crippen LogP contribution is 2.16. The standard InChI is InChI=1S/C19H22O8S2/c1-14-4-8-18(9-5-14)28(21,22)25-12-17(27-16(3)20)13-26-29(23,24)19-10-6-15(2)7-11-19/h4-11,17H,12-13H2,1-3H3. The van der Waals surface area contributed by atoms with E-state index in [9.17, 15) is 21.6 Å². The third-order valence-corrected chi connectivity index (χ3v) is 6.36. The highest BCUT2D eigenvalue weighted by molar-refractivity contribution is 7.87. The molecule has 0 aliphatic heterocycles. The van der Waals surface area contributed by atoms with Crippen molar-refractivity contribution in [3.05, 3.63) is 59.7 Å². The highest BCUT2D eigenvalue weighted by atomic mass is 32.2. The van der Waals surface area contributed by atoms with Crippen molar-refractivity contribution in [2.45, 2.75) is 36.7 Å². The third-order valence-electron chi connectivity index (χ3n) is 3.77. The minimum absolute atomic E-state index is 0.0714. The molecule has 8 nitrogen and oxygen atoms in total. The smallest absolute Gasteiger partial charge is 0.303 e. The van der Waals surface area contributed by atoms with Crippen molar-refractivity contribution in [3.63, 3.8) is 0 Å². The van der Waals surface area contributed by atoms with Crippen LogP contribution in [0.1, 0.15) is 18.1 Å². The zero-order valence-electron chi connectivity index (χ0n) is 16.2. The Morgan fingerprint density at radius 3 is 1.41 bits per heavy atom. The summed E-state index contributed by atoms with van der Waals surface area (Å²) in [5, 5.41) is 0. The maximum atomic E-state index is 12.3. The number of hydrogen-bond acceptors (Lipinski definition) is 8. The van der Waals surface area contributed by atoms with Crippen LogP contribution in [0.2, 0.25) is 0 Å². The minimum atomic E-state index is -4.11. The molecule has 0 saturated carbocycles. The van der Waals surface area contributed by atoms with Gasteiger partial charge in [-0.2, -0.15) is 16.8 Å². The zero-order valence-corrected chi connectivity index (χ0v) is 17.8. The minimum Gasteiger partial charge on any atom is -0.458 e. The van der Waals surface area contributed by atoms with Gasteiger partial charge in [0.1, 0.15) is 13.2 Å². The van der Waals surface area contributed by atoms with Gasteiger partial charge in [-0.15, -0.1) is 0 Å². The van der Waals surface area contributed by atoms with Gasteiger partial charge in [-0.05, 0) is 38.1 Å². The average Bonchev–Trinajstić information content (AvgIpc) is 2.64. The summed E-state index contributed by atoms with van der Waals surface area (Å²) in [6, 6.07) is 11.9. The van der Waals surface area contributed by atoms with E-state index >= 15 is 0 Å². The summed E-state index contributed by atoms with van der Waals surface area (Å²) in [7, 11) is -8.23. The molecule has 0 bridgehead atoms. The first-order valence-electron chi connectivity index (χ1n) is 8.59. The number of carbonyl (C=O) groups excluding carboxylic acids is 1. The lowest BCUT2D eigenvalue weighted by Crippen LogP contribution is -2.30. The van der Waals surface area contributed by atoms with Gasteiger partial charge in [0.15, 0.2) is 6.10 Å². The molecule has 29 heavy (non-hydrogen) atoms. The fourth-order valence-electron chi connectivity index (χ4n) is 2.23. The maximum absolute atomic E-state index is 12.3. The van der Waals surface area contributed by atoms with Gasteiger partial charge < -0.3 is 4.74 Å². The molecule has 0 heterocycles. The molecule has 0 spiro atoms. The number of aryl methyl sites for hydroxylation is 2. The van der Waals surface area contributed by atoms with E-state index in [0.717, 1.165) is 18.1 Å². The van der Waals surface area contributed by atoms with Gasteiger partial charge in [0.25, 0.3) is 20.2 Å². The quantitative estimate of drug-likeness (QED) is 0.430. The Hall–Kier alpha value is -2.27. The molecule has 0 amide bonds. The second-order valence-electron chi connectivity index (χ2n) is 6.33. The van der Waals surface area contributed by atoms with E-state index in [4.69, 9.17) is 13.1 Å². The molecular weight excluding hydrogens is 420 g/mol. The fraction of sp³-hybridized carbons (Fsp3) is 0.316. The van der Waals surface area contributed by atoms with E-state index in [0.29, 0.717) is 0 Å². The van der Waals surface area contributed by atoms with Crippen LogP contribution >= 0.6 is 0 Å². The molecule has 0 aliphatic rings. The van der Waals surface area contributed by atoms with Crippen LogP contribution in [0.15, 0.2) is 58.3 Å². The number of ether oxygens (including phenoxy) is 1. The average molecular weight is 443 g/mol. The molecule has 0 atom stereocenters. The van der Waals surface area contributed by atoms with Crippen LogP contribution in [0.25, 0.3) is 0 Å². The Morgan fingerprint density at radius 1 is 0.759 bits per heavy atom. The molecule has 0 N–H and O–H groups in total. The first-order valence-corrected chi connectivity index (χ1v) is 11.4. The van der Waals surface area contributed by atoms with Gasteiger partial charge in [-0.1, -0.05) is 35.4 Å². The van der Waals surface area contributed by atoms with Crippen LogP contribution in [0, 0.1) is 13.8 Å². The Bertz CT molecular complexity index is 961. The molecule has 2 aromatic rings. The Labute approximate surface area is 170 Å². The van der Waals surface area contributed by atoms with Crippen molar-refractivity contribution < 1.29 is 34.7 Å². The number of carbonyl (C=O) groups is 1. The van der Waals surface area contributed by atoms with Crippen LogP contribution in [-0.2, 0) is 38.1 Å². The summed E-state index contributed by atoms with van der Waals surface area (Å²) in [5.74, 6) is -0.734. The van der Waals surface area contributed by atoms with E-state index in [1.165, 1.54) is 24.3 Å². The number of esters is 1. The molecule has 0 saturated heterocycles. The predicted molar refractivity (Wildman–Crippen MR) is 104 cm³/mol. The lowest BCUT2D eigenvalue weighted by Gasteiger charge is -2.17. The lowest BCUT2D eigenvalue weighted by molar-refractivity contribution is -0.149. The molecule has 0 aliphatic carbocycles. The molecule has 158 valence electrons. The van der Waals surface area contributed by atoms with E-state index in [-0.39, 0.29) is 9.79 Å². The molecule has 2 rings (SSSR count). The second kappa shape index (κ2) is 9.49. The Morgan fingerprint density at radius 2 is 1.10 bits per heavy atom. The van der Waals surface area contributed by atoms with E-state index in [1.807, 2.05) is 0 Å². The summed E-state index contributed by atoms with van der Waals surface area (Å²) in [6.45, 7) is 3.52. The zero-order chi connectivity index (χ0) is 21.7. The van der Waals surface area contributed by atoms with E-state index in [1.54, 1.807) is 38.1 Å². The van der Waals surface area contributed by atoms with Gasteiger partial charge in [0.05, 0.1) is 9.79 Å². The fourth-order valence-corrected chi connectivity index (χ4v) is 4.10. The van der Waals surface area contributed by atoms with Crippen molar-refractivity contribution in [2.24, 2.45) is 0 Å². The summed E-state index contributed by atoms with van der Waals surface area (Å²) in [4.78, 5) is 11.1. The molecule has 10 heteroatoms. The van der Waals surface area contributed by atoms with Crippen LogP contribution in [-0.4, -0.2) is 42.1 Å². The van der Waals surface area contributed by atoms with Crippen molar-refractivity contribution in [2.75, 3.05) is 13.2 Å². The summed E-state index contributed by atoms with van der Waals surface area (Å²) in [6.07, 6.45) is -1.24. The van der Waals surface area contributed by atoms with Crippen molar-refractivity contribution >= 4 is 26.2 Å². The second-order valence-corrected chi connectivity index (χ2v) is 9.57. The number of rotatable bonds is 9. The first kappa shape index (κ1) is 23.0. The summed E-state index contributed by atoms with van der Waals surface area (Å²) < 4.78 is 63.8. The van der Waals surface area contributed by atoms with Crippen molar-refractivity contribution in [3.8, 4) is 0 Å². The van der Waals surface area contributed by atoms with Crippen LogP contribution in [0.4, 0.5) is 0 Å². The lowest BCUT2D eigenvalue weighted by atomic mass is 10.2. The van der Waals surface area contributed by atoms with E-state index < -0.39 is 45.5 Å². The van der Waals surface area contributed by atoms with Crippen molar-refractivity contribution in [1.29, 1.82) is 0 Å². The van der Waals surface area contributed by atoms with E-state index in [2.05, 4.69) is 0 Å². The maximum Gasteiger partial charge on any atom is 0.303 e. The largest absolute Gasteiger partial charge is 0.458 e.